The minimum atomic E-state index is -0.748. The number of thioether (sulfide) groups is 1. The molecule has 35 heavy (non-hydrogen) atoms. The van der Waals surface area contributed by atoms with Crippen molar-refractivity contribution >= 4 is 40.4 Å². The number of fused-ring (bicyclic) bond motifs is 2. The number of pyridine rings is 1. The number of para-hydroxylation sites is 2. The number of carbonyl (C=O) groups is 3. The van der Waals surface area contributed by atoms with Crippen molar-refractivity contribution in [1.82, 2.24) is 15.2 Å². The average molecular weight is 492 g/mol. The summed E-state index contributed by atoms with van der Waals surface area (Å²) in [6, 6.07) is 17.1. The van der Waals surface area contributed by atoms with Gasteiger partial charge in [0.2, 0.25) is 5.91 Å². The Morgan fingerprint density at radius 3 is 2.66 bits per heavy atom. The Hall–Kier alpha value is -3.59. The van der Waals surface area contributed by atoms with Crippen molar-refractivity contribution in [1.29, 1.82) is 0 Å². The molecule has 0 saturated carbocycles. The molecule has 2 aliphatic rings. The number of β-lactam (4-membered cyclic amide) rings is 1. The zero-order valence-electron chi connectivity index (χ0n) is 19.3. The van der Waals surface area contributed by atoms with E-state index in [0.717, 1.165) is 16.5 Å². The third-order valence-corrected chi connectivity index (χ3v) is 7.75. The second-order valence-electron chi connectivity index (χ2n) is 9.01. The van der Waals surface area contributed by atoms with Crippen molar-refractivity contribution in [2.24, 2.45) is 0 Å². The Bertz CT molecular complexity index is 1280. The maximum Gasteiger partial charge on any atom is 0.330 e. The van der Waals surface area contributed by atoms with Crippen LogP contribution in [0.4, 0.5) is 0 Å². The fourth-order valence-corrected chi connectivity index (χ4v) is 6.14. The molecule has 9 heteroatoms. The number of rotatable bonds is 7. The maximum atomic E-state index is 13.1. The molecule has 2 aromatic carbocycles. The normalized spacial score (nSPS) is 22.3. The van der Waals surface area contributed by atoms with E-state index in [2.05, 4.69) is 10.3 Å². The van der Waals surface area contributed by atoms with E-state index in [1.807, 2.05) is 62.4 Å². The van der Waals surface area contributed by atoms with E-state index >= 15 is 0 Å². The molecule has 8 nitrogen and oxygen atoms in total. The summed E-state index contributed by atoms with van der Waals surface area (Å²) >= 11 is 1.48. The van der Waals surface area contributed by atoms with Gasteiger partial charge in [0.15, 0.2) is 6.61 Å². The van der Waals surface area contributed by atoms with Crippen LogP contribution in [0.25, 0.3) is 10.9 Å². The van der Waals surface area contributed by atoms with E-state index in [0.29, 0.717) is 5.75 Å². The lowest BCUT2D eigenvalue weighted by atomic mass is 9.96. The Kier molecular flexibility index (Phi) is 6.10. The summed E-state index contributed by atoms with van der Waals surface area (Å²) in [7, 11) is 0. The molecule has 0 aliphatic carbocycles. The van der Waals surface area contributed by atoms with Gasteiger partial charge in [0.25, 0.3) is 5.91 Å². The number of aromatic nitrogens is 1. The lowest BCUT2D eigenvalue weighted by Gasteiger charge is -2.43. The number of esters is 1. The van der Waals surface area contributed by atoms with Crippen LogP contribution in [0.1, 0.15) is 19.4 Å². The van der Waals surface area contributed by atoms with Gasteiger partial charge >= 0.3 is 5.97 Å². The Morgan fingerprint density at radius 2 is 1.86 bits per heavy atom. The van der Waals surface area contributed by atoms with Crippen LogP contribution in [-0.4, -0.2) is 56.5 Å². The van der Waals surface area contributed by atoms with Crippen LogP contribution in [0.3, 0.4) is 0 Å². The molecular formula is C26H25N3O5S. The molecule has 2 aliphatic heterocycles. The van der Waals surface area contributed by atoms with Gasteiger partial charge in [-0.2, -0.15) is 0 Å². The number of hydrogen-bond acceptors (Lipinski definition) is 7. The van der Waals surface area contributed by atoms with Crippen molar-refractivity contribution in [3.05, 3.63) is 72.4 Å². The summed E-state index contributed by atoms with van der Waals surface area (Å²) in [6.45, 7) is 3.69. The number of benzene rings is 2. The van der Waals surface area contributed by atoms with E-state index in [-0.39, 0.29) is 30.4 Å². The third kappa shape index (κ3) is 4.43. The Labute approximate surface area is 207 Å². The van der Waals surface area contributed by atoms with E-state index in [1.165, 1.54) is 16.7 Å². The molecule has 0 radical (unpaired) electrons. The summed E-state index contributed by atoms with van der Waals surface area (Å²) in [5.41, 5.74) is 1.58. The van der Waals surface area contributed by atoms with Gasteiger partial charge in [-0.05, 0) is 32.0 Å². The van der Waals surface area contributed by atoms with Gasteiger partial charge in [-0.1, -0.05) is 42.5 Å². The highest BCUT2D eigenvalue weighted by molar-refractivity contribution is 8.01. The lowest BCUT2D eigenvalue weighted by molar-refractivity contribution is -0.165. The van der Waals surface area contributed by atoms with Gasteiger partial charge in [0.1, 0.15) is 29.8 Å². The first-order valence-corrected chi connectivity index (χ1v) is 12.2. The van der Waals surface area contributed by atoms with Gasteiger partial charge in [-0.3, -0.25) is 14.6 Å². The lowest BCUT2D eigenvalue weighted by Crippen LogP contribution is -2.71. The minimum Gasteiger partial charge on any atom is -0.484 e. The van der Waals surface area contributed by atoms with Crippen molar-refractivity contribution in [2.75, 3.05) is 6.61 Å². The maximum absolute atomic E-state index is 13.1. The number of nitrogens with one attached hydrogen (secondary N) is 1. The summed E-state index contributed by atoms with van der Waals surface area (Å²) in [5.74, 6) is -0.581. The molecule has 5 rings (SSSR count). The molecule has 2 amide bonds. The molecule has 0 bridgehead atoms. The molecule has 2 fully saturated rings. The average Bonchev–Trinajstić information content (AvgIpc) is 3.12. The zero-order valence-corrected chi connectivity index (χ0v) is 20.2. The molecule has 180 valence electrons. The molecule has 3 atom stereocenters. The van der Waals surface area contributed by atoms with Crippen LogP contribution in [0, 0.1) is 0 Å². The number of carbonyl (C=O) groups excluding carboxylic acids is 3. The van der Waals surface area contributed by atoms with Crippen molar-refractivity contribution < 1.29 is 23.9 Å². The van der Waals surface area contributed by atoms with E-state index in [1.54, 1.807) is 18.3 Å². The van der Waals surface area contributed by atoms with Crippen molar-refractivity contribution in [3.63, 3.8) is 0 Å². The van der Waals surface area contributed by atoms with Gasteiger partial charge in [-0.25, -0.2) is 4.79 Å². The van der Waals surface area contributed by atoms with Crippen LogP contribution < -0.4 is 10.1 Å². The van der Waals surface area contributed by atoms with Crippen LogP contribution in [0.2, 0.25) is 0 Å². The van der Waals surface area contributed by atoms with Crippen LogP contribution in [-0.2, 0) is 25.7 Å². The first-order chi connectivity index (χ1) is 16.8. The van der Waals surface area contributed by atoms with E-state index in [9.17, 15) is 14.4 Å². The molecule has 1 unspecified atom stereocenters. The molecule has 1 aromatic heterocycles. The minimum absolute atomic E-state index is 0.0636. The van der Waals surface area contributed by atoms with Gasteiger partial charge in [-0.15, -0.1) is 11.8 Å². The molecule has 0 spiro atoms. The monoisotopic (exact) mass is 491 g/mol. The molecule has 2 saturated heterocycles. The van der Waals surface area contributed by atoms with E-state index < -0.39 is 22.8 Å². The SMILES string of the molecule is CC1(C)S[C@@H]2[C@H](NC(=O)COc3ccccc3)C(=O)N2C1C(=O)OCc1cccc2cccnc12. The van der Waals surface area contributed by atoms with Gasteiger partial charge < -0.3 is 19.7 Å². The molecule has 1 N–H and O–H groups in total. The van der Waals surface area contributed by atoms with Gasteiger partial charge in [0, 0.05) is 21.9 Å². The smallest absolute Gasteiger partial charge is 0.330 e. The van der Waals surface area contributed by atoms with E-state index in [4.69, 9.17) is 9.47 Å². The predicted molar refractivity (Wildman–Crippen MR) is 131 cm³/mol. The standard InChI is InChI=1S/C26H25N3O5S/c1-26(2)22(25(32)34-14-17-9-6-8-16-10-7-13-27-20(16)17)29-23(31)21(24(29)35-26)28-19(30)15-33-18-11-4-3-5-12-18/h3-13,21-22,24H,14-15H2,1-2H3,(H,28,30)/t21-,22?,24-/m1/s1. The quantitative estimate of drug-likeness (QED) is 0.401. The van der Waals surface area contributed by atoms with Crippen LogP contribution >= 0.6 is 11.8 Å². The zero-order chi connectivity index (χ0) is 24.6. The number of nitrogens with zero attached hydrogens (tertiary/aromatic N) is 2. The predicted octanol–water partition coefficient (Wildman–Crippen LogP) is 2.90. The Morgan fingerprint density at radius 1 is 1.09 bits per heavy atom. The second-order valence-corrected chi connectivity index (χ2v) is 10.8. The highest BCUT2D eigenvalue weighted by Gasteiger charge is 2.64. The first-order valence-electron chi connectivity index (χ1n) is 11.3. The Balaban J connectivity index is 1.21. The largest absolute Gasteiger partial charge is 0.484 e. The third-order valence-electron chi connectivity index (χ3n) is 6.18. The number of ether oxygens (including phenoxy) is 2. The fraction of sp³-hybridized carbons (Fsp3) is 0.308. The second kappa shape index (κ2) is 9.22. The molecular weight excluding hydrogens is 466 g/mol. The summed E-state index contributed by atoms with van der Waals surface area (Å²) in [4.78, 5) is 44.4. The topological polar surface area (TPSA) is 97.8 Å². The molecule has 3 heterocycles. The van der Waals surface area contributed by atoms with Crippen LogP contribution in [0.15, 0.2) is 66.9 Å². The highest BCUT2D eigenvalue weighted by atomic mass is 32.2. The fourth-order valence-electron chi connectivity index (χ4n) is 4.52. The first kappa shape index (κ1) is 23.2. The van der Waals surface area contributed by atoms with Crippen molar-refractivity contribution in [3.8, 4) is 5.75 Å². The summed E-state index contributed by atoms with van der Waals surface area (Å²) in [5, 5.41) is 3.37. The summed E-state index contributed by atoms with van der Waals surface area (Å²) in [6.07, 6.45) is 1.70. The molecule has 3 aromatic rings. The summed E-state index contributed by atoms with van der Waals surface area (Å²) < 4.78 is 10.6. The van der Waals surface area contributed by atoms with Crippen LogP contribution in [0.5, 0.6) is 5.75 Å². The number of hydrogen-bond donors (Lipinski definition) is 1. The van der Waals surface area contributed by atoms with Gasteiger partial charge in [0.05, 0.1) is 5.52 Å². The number of amides is 2. The van der Waals surface area contributed by atoms with Crippen molar-refractivity contribution in [2.45, 2.75) is 42.7 Å². The highest BCUT2D eigenvalue weighted by Crippen LogP contribution is 2.51.